The molecule has 2 amide bonds. The number of nitro benzene ring substituents is 1. The number of carbonyl (C=O) groups is 2. The fourth-order valence-corrected chi connectivity index (χ4v) is 6.14. The number of benzene rings is 2. The van der Waals surface area contributed by atoms with E-state index >= 15 is 0 Å². The Labute approximate surface area is 239 Å². The number of rotatable bonds is 10. The van der Waals surface area contributed by atoms with Crippen LogP contribution in [-0.2, 0) is 14.3 Å². The number of hydrogen-bond donors (Lipinski definition) is 3. The van der Waals surface area contributed by atoms with E-state index in [9.17, 15) is 35.0 Å². The summed E-state index contributed by atoms with van der Waals surface area (Å²) >= 11 is 3.39. The minimum Gasteiger partial charge on any atom is -0.507 e. The topological polar surface area (TPSA) is 150 Å². The molecule has 1 saturated heterocycles. The average molecular weight is 615 g/mol. The summed E-state index contributed by atoms with van der Waals surface area (Å²) < 4.78 is 6.18. The Bertz CT molecular complexity index is 1390. The Kier molecular flexibility index (Phi) is 9.19. The molecule has 2 aromatic carbocycles. The zero-order valence-corrected chi connectivity index (χ0v) is 23.7. The van der Waals surface area contributed by atoms with Gasteiger partial charge in [0.05, 0.1) is 41.8 Å². The molecule has 212 valence electrons. The molecule has 3 N–H and O–H groups in total. The fourth-order valence-electron chi connectivity index (χ4n) is 5.76. The van der Waals surface area contributed by atoms with Gasteiger partial charge < -0.3 is 20.1 Å². The quantitative estimate of drug-likeness (QED) is 0.154. The largest absolute Gasteiger partial charge is 0.507 e. The highest BCUT2D eigenvalue weighted by Gasteiger charge is 2.55. The van der Waals surface area contributed by atoms with Crippen LogP contribution in [0.5, 0.6) is 5.75 Å². The Morgan fingerprint density at radius 3 is 2.67 bits per heavy atom. The smallest absolute Gasteiger partial charge is 0.271 e. The first-order valence-corrected chi connectivity index (χ1v) is 13.6. The second kappa shape index (κ2) is 12.4. The van der Waals surface area contributed by atoms with Crippen molar-refractivity contribution in [2.75, 3.05) is 25.2 Å². The lowest BCUT2D eigenvalue weighted by Gasteiger charge is -2.36. The van der Waals surface area contributed by atoms with E-state index in [1.807, 2.05) is 13.0 Å². The minimum absolute atomic E-state index is 0.0993. The average Bonchev–Trinajstić information content (AvgIpc) is 3.17. The number of nitro groups is 1. The molecular formula is C29H31BrN2O8. The van der Waals surface area contributed by atoms with Crippen LogP contribution in [0.2, 0.25) is 0 Å². The van der Waals surface area contributed by atoms with E-state index in [0.717, 1.165) is 14.9 Å². The molecule has 4 rings (SSSR count). The number of fused-ring (bicyclic) bond motifs is 1. The molecule has 4 atom stereocenters. The molecule has 0 aromatic heterocycles. The van der Waals surface area contributed by atoms with Gasteiger partial charge in [-0.3, -0.25) is 19.7 Å². The summed E-state index contributed by atoms with van der Waals surface area (Å²) in [5.41, 5.74) is 2.53. The number of methoxy groups -OCH3 is 1. The van der Waals surface area contributed by atoms with Crippen LogP contribution >= 0.6 is 15.9 Å². The first-order chi connectivity index (χ1) is 19.1. The van der Waals surface area contributed by atoms with Crippen LogP contribution in [0.15, 0.2) is 63.7 Å². The number of aliphatic hydroxyl groups excluding tert-OH is 2. The number of ether oxygens (including phenoxy) is 1. The number of phenols is 1. The fraction of sp³-hybridized carbons (Fsp3) is 0.379. The predicted molar refractivity (Wildman–Crippen MR) is 151 cm³/mol. The number of amides is 2. The van der Waals surface area contributed by atoms with E-state index in [0.29, 0.717) is 23.1 Å². The maximum absolute atomic E-state index is 13.6. The summed E-state index contributed by atoms with van der Waals surface area (Å²) in [5, 5.41) is 43.2. The van der Waals surface area contributed by atoms with Gasteiger partial charge in [-0.15, -0.1) is 0 Å². The molecule has 1 fully saturated rings. The molecule has 0 saturated carbocycles. The summed E-state index contributed by atoms with van der Waals surface area (Å²) in [6.07, 6.45) is 1.73. The molecule has 1 aliphatic heterocycles. The molecule has 1 aliphatic carbocycles. The molecule has 0 unspecified atom stereocenters. The number of anilines is 1. The summed E-state index contributed by atoms with van der Waals surface area (Å²) in [6, 6.07) is 10.4. The van der Waals surface area contributed by atoms with E-state index in [4.69, 9.17) is 4.74 Å². The Hall–Kier alpha value is -3.38. The van der Waals surface area contributed by atoms with Gasteiger partial charge in [0, 0.05) is 35.2 Å². The molecule has 2 aromatic rings. The predicted octanol–water partition coefficient (Wildman–Crippen LogP) is 4.37. The second-order valence-electron chi connectivity index (χ2n) is 10.2. The number of halogens is 1. The zero-order chi connectivity index (χ0) is 29.1. The van der Waals surface area contributed by atoms with Gasteiger partial charge in [-0.25, -0.2) is 4.90 Å². The van der Waals surface area contributed by atoms with Crippen LogP contribution in [0.25, 0.3) is 6.08 Å². The van der Waals surface area contributed by atoms with Crippen molar-refractivity contribution in [3.63, 3.8) is 0 Å². The van der Waals surface area contributed by atoms with Crippen molar-refractivity contribution in [2.45, 2.75) is 32.3 Å². The molecule has 0 radical (unpaired) electrons. The van der Waals surface area contributed by atoms with Gasteiger partial charge in [0.2, 0.25) is 11.8 Å². The summed E-state index contributed by atoms with van der Waals surface area (Å²) in [6.45, 7) is 1.53. The molecule has 1 heterocycles. The zero-order valence-electron chi connectivity index (χ0n) is 22.1. The second-order valence-corrected chi connectivity index (χ2v) is 11.1. The van der Waals surface area contributed by atoms with Gasteiger partial charge in [-0.05, 0) is 61.6 Å². The van der Waals surface area contributed by atoms with Crippen LogP contribution in [0, 0.1) is 27.9 Å². The van der Waals surface area contributed by atoms with E-state index in [1.165, 1.54) is 31.4 Å². The summed E-state index contributed by atoms with van der Waals surface area (Å²) in [4.78, 5) is 38.7. The van der Waals surface area contributed by atoms with Crippen LogP contribution < -0.4 is 4.90 Å². The van der Waals surface area contributed by atoms with Crippen molar-refractivity contribution in [3.05, 3.63) is 79.3 Å². The van der Waals surface area contributed by atoms with Crippen molar-refractivity contribution in [1.82, 2.24) is 0 Å². The van der Waals surface area contributed by atoms with Crippen LogP contribution in [-0.4, -0.2) is 58.5 Å². The summed E-state index contributed by atoms with van der Waals surface area (Å²) in [5.74, 6) is -3.45. The SMILES string of the molecule is COCC1=C([C@H](O)CC/C(C)=C/c2cc(Br)ccc2O)[C@H](CO)[C@@H]2C(=O)N(c3cccc([N+](=O)[O-])c3)C(=O)[C@@H]2C1. The maximum Gasteiger partial charge on any atom is 0.271 e. The van der Waals surface area contributed by atoms with Crippen molar-refractivity contribution in [3.8, 4) is 5.75 Å². The number of imide groups is 1. The van der Waals surface area contributed by atoms with Gasteiger partial charge in [0.25, 0.3) is 5.69 Å². The number of nitrogens with zero attached hydrogens (tertiary/aromatic N) is 2. The highest BCUT2D eigenvalue weighted by molar-refractivity contribution is 9.10. The highest BCUT2D eigenvalue weighted by Crippen LogP contribution is 2.47. The molecular weight excluding hydrogens is 584 g/mol. The summed E-state index contributed by atoms with van der Waals surface area (Å²) in [7, 11) is 1.49. The molecule has 10 nitrogen and oxygen atoms in total. The number of phenolic OH excluding ortho intramolecular Hbond substituents is 1. The number of aliphatic hydroxyl groups is 2. The highest BCUT2D eigenvalue weighted by atomic mass is 79.9. The van der Waals surface area contributed by atoms with Gasteiger partial charge in [-0.1, -0.05) is 33.6 Å². The van der Waals surface area contributed by atoms with Gasteiger partial charge in [0.15, 0.2) is 0 Å². The monoisotopic (exact) mass is 614 g/mol. The molecule has 0 bridgehead atoms. The molecule has 40 heavy (non-hydrogen) atoms. The van der Waals surface area contributed by atoms with Crippen LogP contribution in [0.4, 0.5) is 11.4 Å². The lowest BCUT2D eigenvalue weighted by molar-refractivity contribution is -0.384. The Morgan fingerprint density at radius 1 is 1.25 bits per heavy atom. The third kappa shape index (κ3) is 5.87. The normalized spacial score (nSPS) is 22.1. The number of carbonyl (C=O) groups excluding carboxylic acids is 2. The molecule has 0 spiro atoms. The van der Waals surface area contributed by atoms with E-state index < -0.39 is 47.2 Å². The van der Waals surface area contributed by atoms with Crippen molar-refractivity contribution >= 4 is 45.2 Å². The van der Waals surface area contributed by atoms with Crippen LogP contribution in [0.3, 0.4) is 0 Å². The van der Waals surface area contributed by atoms with Crippen molar-refractivity contribution < 1.29 is 34.6 Å². The van der Waals surface area contributed by atoms with Gasteiger partial charge in [0.1, 0.15) is 5.75 Å². The molecule has 11 heteroatoms. The first kappa shape index (κ1) is 29.6. The first-order valence-electron chi connectivity index (χ1n) is 12.8. The number of non-ortho nitro benzene ring substituents is 1. The number of aromatic hydroxyl groups is 1. The standard InChI is InChI=1S/C29H31BrN2O8/c1-16(10-17-11-19(30)7-9-24(17)34)6-8-25(35)26-18(15-40-2)12-22-27(23(26)14-33)29(37)31(28(22)36)20-4-3-5-21(13-20)32(38)39/h3-5,7,9-11,13,22-23,25,27,33-35H,6,8,12,14-15H2,1-2H3/b16-10+/t22-,23+,25-,27-/m1/s1. The van der Waals surface area contributed by atoms with Crippen molar-refractivity contribution in [2.24, 2.45) is 17.8 Å². The lowest BCUT2D eigenvalue weighted by atomic mass is 9.68. The van der Waals surface area contributed by atoms with E-state index in [2.05, 4.69) is 15.9 Å². The minimum atomic E-state index is -1.02. The van der Waals surface area contributed by atoms with Crippen molar-refractivity contribution in [1.29, 1.82) is 0 Å². The van der Waals surface area contributed by atoms with E-state index in [-0.39, 0.29) is 36.6 Å². The maximum atomic E-state index is 13.6. The lowest BCUT2D eigenvalue weighted by Crippen LogP contribution is -2.39. The third-order valence-corrected chi connectivity index (χ3v) is 8.05. The molecule has 2 aliphatic rings. The van der Waals surface area contributed by atoms with Crippen LogP contribution in [0.1, 0.15) is 31.7 Å². The van der Waals surface area contributed by atoms with Gasteiger partial charge in [-0.2, -0.15) is 0 Å². The van der Waals surface area contributed by atoms with E-state index in [1.54, 1.807) is 18.2 Å². The number of allylic oxidation sites excluding steroid dienone is 1. The Morgan fingerprint density at radius 2 is 2.00 bits per heavy atom. The third-order valence-electron chi connectivity index (χ3n) is 7.56. The Balaban J connectivity index is 1.61. The number of hydrogen-bond acceptors (Lipinski definition) is 8. The van der Waals surface area contributed by atoms with Gasteiger partial charge >= 0.3 is 0 Å².